The fourth-order valence-electron chi connectivity index (χ4n) is 3.64. The summed E-state index contributed by atoms with van der Waals surface area (Å²) in [6.45, 7) is 7.47. The number of nitrogens with two attached hydrogens (primary N) is 1. The lowest BCUT2D eigenvalue weighted by Crippen LogP contribution is -2.16. The second-order valence-electron chi connectivity index (χ2n) is 6.92. The molecule has 0 radical (unpaired) electrons. The summed E-state index contributed by atoms with van der Waals surface area (Å²) in [5.41, 5.74) is 9.31. The molecule has 1 aliphatic carbocycles. The average molecular weight is 285 g/mol. The number of fused-ring (bicyclic) bond motifs is 1. The van der Waals surface area contributed by atoms with Crippen molar-refractivity contribution in [3.8, 4) is 0 Å². The average Bonchev–Trinajstić information content (AvgIpc) is 2.86. The van der Waals surface area contributed by atoms with Crippen molar-refractivity contribution >= 4 is 11.0 Å². The summed E-state index contributed by atoms with van der Waals surface area (Å²) in [5.74, 6) is 2.79. The highest BCUT2D eigenvalue weighted by molar-refractivity contribution is 5.77. The molecule has 1 saturated carbocycles. The van der Waals surface area contributed by atoms with Crippen LogP contribution < -0.4 is 5.73 Å². The van der Waals surface area contributed by atoms with Gasteiger partial charge in [0.15, 0.2) is 0 Å². The van der Waals surface area contributed by atoms with Crippen LogP contribution in [0.25, 0.3) is 11.0 Å². The molecule has 0 amide bonds. The van der Waals surface area contributed by atoms with Gasteiger partial charge in [0.25, 0.3) is 0 Å². The summed E-state index contributed by atoms with van der Waals surface area (Å²) in [5, 5.41) is 0. The van der Waals surface area contributed by atoms with Gasteiger partial charge < -0.3 is 10.3 Å². The van der Waals surface area contributed by atoms with Crippen molar-refractivity contribution in [1.29, 1.82) is 0 Å². The van der Waals surface area contributed by atoms with Gasteiger partial charge >= 0.3 is 0 Å². The Morgan fingerprint density at radius 2 is 1.95 bits per heavy atom. The fraction of sp³-hybridized carbons (Fsp3) is 0.611. The van der Waals surface area contributed by atoms with Gasteiger partial charge in [-0.3, -0.25) is 0 Å². The Morgan fingerprint density at radius 3 is 2.57 bits per heavy atom. The van der Waals surface area contributed by atoms with Crippen LogP contribution in [0.15, 0.2) is 18.2 Å². The van der Waals surface area contributed by atoms with Crippen LogP contribution >= 0.6 is 0 Å². The van der Waals surface area contributed by atoms with E-state index in [1.54, 1.807) is 0 Å². The van der Waals surface area contributed by atoms with E-state index in [4.69, 9.17) is 10.7 Å². The molecule has 2 N–H and O–H groups in total. The maximum absolute atomic E-state index is 5.77. The molecule has 114 valence electrons. The minimum atomic E-state index is 0.452. The maximum Gasteiger partial charge on any atom is 0.113 e. The lowest BCUT2D eigenvalue weighted by Gasteiger charge is -2.27. The van der Waals surface area contributed by atoms with Crippen LogP contribution in [0.2, 0.25) is 0 Å². The van der Waals surface area contributed by atoms with E-state index >= 15 is 0 Å². The SMILES string of the molecule is CC1CCC(c2nc3cc(CN)ccc3n2C(C)C)CC1. The first kappa shape index (κ1) is 14.6. The third-order valence-electron chi connectivity index (χ3n) is 4.91. The molecule has 1 heterocycles. The molecule has 0 bridgehead atoms. The van der Waals surface area contributed by atoms with E-state index in [1.165, 1.54) is 42.6 Å². The van der Waals surface area contributed by atoms with Crippen LogP contribution in [0.1, 0.15) is 69.8 Å². The first-order chi connectivity index (χ1) is 10.1. The van der Waals surface area contributed by atoms with Crippen molar-refractivity contribution in [2.24, 2.45) is 11.7 Å². The molecule has 1 aliphatic rings. The zero-order valence-electron chi connectivity index (χ0n) is 13.5. The van der Waals surface area contributed by atoms with Crippen LogP contribution in [0.3, 0.4) is 0 Å². The third-order valence-corrected chi connectivity index (χ3v) is 4.91. The zero-order valence-corrected chi connectivity index (χ0v) is 13.5. The number of hydrogen-bond acceptors (Lipinski definition) is 2. The number of imidazole rings is 1. The van der Waals surface area contributed by atoms with Crippen LogP contribution in [-0.4, -0.2) is 9.55 Å². The van der Waals surface area contributed by atoms with Gasteiger partial charge in [-0.15, -0.1) is 0 Å². The maximum atomic E-state index is 5.77. The molecule has 2 aromatic rings. The molecule has 0 aliphatic heterocycles. The monoisotopic (exact) mass is 285 g/mol. The summed E-state index contributed by atoms with van der Waals surface area (Å²) in [4.78, 5) is 5.00. The first-order valence-electron chi connectivity index (χ1n) is 8.31. The van der Waals surface area contributed by atoms with Crippen LogP contribution in [0, 0.1) is 5.92 Å². The molecular formula is C18H27N3. The Hall–Kier alpha value is -1.35. The summed E-state index contributed by atoms with van der Waals surface area (Å²) < 4.78 is 2.44. The highest BCUT2D eigenvalue weighted by Gasteiger charge is 2.25. The van der Waals surface area contributed by atoms with Gasteiger partial charge in [0.1, 0.15) is 5.82 Å². The van der Waals surface area contributed by atoms with Crippen LogP contribution in [0.5, 0.6) is 0 Å². The number of aromatic nitrogens is 2. The van der Waals surface area contributed by atoms with Crippen molar-refractivity contribution in [1.82, 2.24) is 9.55 Å². The number of benzene rings is 1. The predicted octanol–water partition coefficient (Wildman–Crippen LogP) is 4.37. The molecule has 21 heavy (non-hydrogen) atoms. The van der Waals surface area contributed by atoms with Crippen LogP contribution in [0.4, 0.5) is 0 Å². The second kappa shape index (κ2) is 5.80. The molecule has 0 saturated heterocycles. The van der Waals surface area contributed by atoms with Crippen molar-refractivity contribution in [3.63, 3.8) is 0 Å². The minimum absolute atomic E-state index is 0.452. The van der Waals surface area contributed by atoms with E-state index in [0.29, 0.717) is 18.5 Å². The third kappa shape index (κ3) is 2.71. The van der Waals surface area contributed by atoms with Crippen molar-refractivity contribution in [2.45, 2.75) is 65.0 Å². The normalized spacial score (nSPS) is 23.1. The number of rotatable bonds is 3. The van der Waals surface area contributed by atoms with Gasteiger partial charge in [-0.25, -0.2) is 4.98 Å². The Bertz CT molecular complexity index is 619. The second-order valence-corrected chi connectivity index (χ2v) is 6.92. The zero-order chi connectivity index (χ0) is 15.0. The lowest BCUT2D eigenvalue weighted by atomic mass is 9.82. The molecule has 0 atom stereocenters. The van der Waals surface area contributed by atoms with E-state index in [0.717, 1.165) is 11.4 Å². The van der Waals surface area contributed by atoms with Gasteiger partial charge in [0.2, 0.25) is 0 Å². The molecule has 0 spiro atoms. The van der Waals surface area contributed by atoms with E-state index in [1.807, 2.05) is 0 Å². The highest BCUT2D eigenvalue weighted by Crippen LogP contribution is 2.37. The Kier molecular flexibility index (Phi) is 4.03. The van der Waals surface area contributed by atoms with E-state index in [2.05, 4.69) is 43.5 Å². The van der Waals surface area contributed by atoms with E-state index in [-0.39, 0.29) is 0 Å². The lowest BCUT2D eigenvalue weighted by molar-refractivity contribution is 0.331. The Morgan fingerprint density at radius 1 is 1.24 bits per heavy atom. The summed E-state index contributed by atoms with van der Waals surface area (Å²) in [6.07, 6.45) is 5.22. The van der Waals surface area contributed by atoms with E-state index in [9.17, 15) is 0 Å². The highest BCUT2D eigenvalue weighted by atomic mass is 15.1. The van der Waals surface area contributed by atoms with Gasteiger partial charge in [-0.2, -0.15) is 0 Å². The van der Waals surface area contributed by atoms with Gasteiger partial charge in [-0.05, 0) is 50.3 Å². The Balaban J connectivity index is 2.06. The van der Waals surface area contributed by atoms with Crippen LogP contribution in [-0.2, 0) is 6.54 Å². The van der Waals surface area contributed by atoms with Gasteiger partial charge in [-0.1, -0.05) is 25.8 Å². The largest absolute Gasteiger partial charge is 0.326 e. The van der Waals surface area contributed by atoms with Crippen molar-refractivity contribution in [2.75, 3.05) is 0 Å². The topological polar surface area (TPSA) is 43.8 Å². The Labute approximate surface area is 127 Å². The molecule has 1 fully saturated rings. The summed E-state index contributed by atoms with van der Waals surface area (Å²) >= 11 is 0. The van der Waals surface area contributed by atoms with Gasteiger partial charge in [0.05, 0.1) is 11.0 Å². The number of hydrogen-bond donors (Lipinski definition) is 1. The quantitative estimate of drug-likeness (QED) is 0.910. The minimum Gasteiger partial charge on any atom is -0.326 e. The van der Waals surface area contributed by atoms with Crippen molar-refractivity contribution < 1.29 is 0 Å². The number of nitrogens with zero attached hydrogens (tertiary/aromatic N) is 2. The van der Waals surface area contributed by atoms with Gasteiger partial charge in [0, 0.05) is 18.5 Å². The molecule has 1 aromatic heterocycles. The molecule has 3 heteroatoms. The van der Waals surface area contributed by atoms with E-state index < -0.39 is 0 Å². The molecule has 1 aromatic carbocycles. The predicted molar refractivity (Wildman–Crippen MR) is 88.4 cm³/mol. The summed E-state index contributed by atoms with van der Waals surface area (Å²) in [7, 11) is 0. The fourth-order valence-corrected chi connectivity index (χ4v) is 3.64. The molecule has 3 nitrogen and oxygen atoms in total. The summed E-state index contributed by atoms with van der Waals surface area (Å²) in [6, 6.07) is 6.94. The molecular weight excluding hydrogens is 258 g/mol. The molecule has 3 rings (SSSR count). The smallest absolute Gasteiger partial charge is 0.113 e. The molecule has 0 unspecified atom stereocenters. The standard InChI is InChI=1S/C18H27N3/c1-12(2)21-17-9-6-14(11-19)10-16(17)20-18(21)15-7-4-13(3)5-8-15/h6,9-10,12-13,15H,4-5,7-8,11,19H2,1-3H3. The first-order valence-corrected chi connectivity index (χ1v) is 8.31. The van der Waals surface area contributed by atoms with Crippen molar-refractivity contribution in [3.05, 3.63) is 29.6 Å².